The van der Waals surface area contributed by atoms with Gasteiger partial charge in [0.05, 0.1) is 0 Å². The van der Waals surface area contributed by atoms with Gasteiger partial charge in [-0.2, -0.15) is 0 Å². The Morgan fingerprint density at radius 1 is 1.25 bits per heavy atom. The molecule has 0 aliphatic carbocycles. The number of phenolic OH excluding ortho intramolecular Hbond substituents is 1. The van der Waals surface area contributed by atoms with Gasteiger partial charge in [-0.3, -0.25) is 0 Å². The first-order chi connectivity index (χ1) is 5.33. The molecule has 1 nitrogen and oxygen atoms in total. The molecule has 0 aromatic heterocycles. The van der Waals surface area contributed by atoms with Gasteiger partial charge in [-0.05, 0) is 30.5 Å². The molecule has 0 spiro atoms. The van der Waals surface area contributed by atoms with Crippen molar-refractivity contribution in [3.63, 3.8) is 0 Å². The quantitative estimate of drug-likeness (QED) is 0.607. The molecule has 0 amide bonds. The average Bonchev–Trinajstić information content (AvgIpc) is 2.04. The van der Waals surface area contributed by atoms with Crippen LogP contribution in [0, 0.1) is 0 Å². The van der Waals surface area contributed by atoms with Gasteiger partial charge < -0.3 is 6.53 Å². The van der Waals surface area contributed by atoms with E-state index >= 15 is 0 Å². The molecule has 1 N–H and O–H groups in total. The fourth-order valence-electron chi connectivity index (χ4n) is 1.04. The van der Waals surface area contributed by atoms with Gasteiger partial charge in [0.1, 0.15) is 5.75 Å². The van der Waals surface area contributed by atoms with Gasteiger partial charge in [0.15, 0.2) is 0 Å². The molecule has 2 heteroatoms. The number of hydrogen-bond donors (Lipinski definition) is 1. The summed E-state index contributed by atoms with van der Waals surface area (Å²) in [6.07, 6.45) is 3.57. The number of hydrogen-bond acceptors (Lipinski definition) is 1. The number of aromatic hydroxyl groups is 1. The summed E-state index contributed by atoms with van der Waals surface area (Å²) in [6.45, 7) is 2.18. The Bertz CT molecular complexity index is 211. The molecule has 0 bridgehead atoms. The maximum Gasteiger partial charge on any atom is 1.00 e. The Morgan fingerprint density at radius 2 is 1.83 bits per heavy atom. The van der Waals surface area contributed by atoms with E-state index in [0.29, 0.717) is 5.75 Å². The molecule has 12 heavy (non-hydrogen) atoms. The molecule has 0 saturated heterocycles. The summed E-state index contributed by atoms with van der Waals surface area (Å²) >= 11 is 0. The second-order valence-electron chi connectivity index (χ2n) is 2.77. The van der Waals surface area contributed by atoms with E-state index in [4.69, 9.17) is 5.11 Å². The number of rotatable bonds is 3. The molecule has 0 unspecified atom stereocenters. The summed E-state index contributed by atoms with van der Waals surface area (Å²) in [5.74, 6) is 0.352. The summed E-state index contributed by atoms with van der Waals surface area (Å²) in [5.41, 5.74) is 1.31. The molecule has 0 aliphatic heterocycles. The monoisotopic (exact) mass is 158 g/mol. The van der Waals surface area contributed by atoms with E-state index in [0.717, 1.165) is 6.42 Å². The minimum Gasteiger partial charge on any atom is -1.00 e. The second-order valence-corrected chi connectivity index (χ2v) is 2.77. The Kier molecular flexibility index (Phi) is 5.97. The van der Waals surface area contributed by atoms with Crippen molar-refractivity contribution >= 4 is 0 Å². The Morgan fingerprint density at radius 3 is 2.33 bits per heavy atom. The summed E-state index contributed by atoms with van der Waals surface area (Å²) < 4.78 is 0. The van der Waals surface area contributed by atoms with E-state index < -0.39 is 0 Å². The molecule has 0 saturated carbocycles. The molecule has 0 aliphatic rings. The largest absolute Gasteiger partial charge is 1.00 e. The predicted octanol–water partition coefficient (Wildman–Crippen LogP) is -0.149. The minimum absolute atomic E-state index is 0. The third-order valence-corrected chi connectivity index (χ3v) is 1.76. The van der Waals surface area contributed by atoms with Crippen LogP contribution >= 0.6 is 0 Å². The first-order valence-corrected chi connectivity index (χ1v) is 4.11. The van der Waals surface area contributed by atoms with Crippen LogP contribution in [0.25, 0.3) is 0 Å². The zero-order valence-electron chi connectivity index (χ0n) is 8.88. The van der Waals surface area contributed by atoms with Gasteiger partial charge >= 0.3 is 18.9 Å². The van der Waals surface area contributed by atoms with E-state index in [9.17, 15) is 0 Å². The number of unbranched alkanes of at least 4 members (excludes halogenated alkanes) is 1. The molecular weight excluding hydrogens is 143 g/mol. The van der Waals surface area contributed by atoms with Crippen LogP contribution in [0.4, 0.5) is 0 Å². The van der Waals surface area contributed by atoms with Gasteiger partial charge in [0, 0.05) is 0 Å². The van der Waals surface area contributed by atoms with Crippen molar-refractivity contribution < 1.29 is 25.4 Å². The standard InChI is InChI=1S/C10H14O.Li.H/c1-2-3-4-9-5-7-10(11)8-6-9;;/h5-8,11H,2-4H2,1H3;;/q;+1;-1. The Labute approximate surface area is 87.5 Å². The second kappa shape index (κ2) is 6.17. The molecule has 1 rings (SSSR count). The van der Waals surface area contributed by atoms with Crippen molar-refractivity contribution in [2.24, 2.45) is 0 Å². The Balaban J connectivity index is 0. The molecule has 1 aromatic rings. The average molecular weight is 158 g/mol. The smallest absolute Gasteiger partial charge is 1.00 e. The van der Waals surface area contributed by atoms with Crippen LogP contribution in [0.1, 0.15) is 26.8 Å². The van der Waals surface area contributed by atoms with E-state index in [2.05, 4.69) is 6.92 Å². The van der Waals surface area contributed by atoms with Crippen LogP contribution < -0.4 is 18.9 Å². The van der Waals surface area contributed by atoms with Crippen molar-refractivity contribution in [1.29, 1.82) is 0 Å². The van der Waals surface area contributed by atoms with Crippen molar-refractivity contribution in [3.8, 4) is 5.75 Å². The van der Waals surface area contributed by atoms with Gasteiger partial charge in [-0.15, -0.1) is 0 Å². The SMILES string of the molecule is CCCCc1ccc(O)cc1.[H-].[Li+]. The van der Waals surface area contributed by atoms with Crippen LogP contribution in [-0.4, -0.2) is 5.11 Å². The van der Waals surface area contributed by atoms with E-state index in [-0.39, 0.29) is 20.3 Å². The summed E-state index contributed by atoms with van der Waals surface area (Å²) in [5, 5.41) is 8.98. The topological polar surface area (TPSA) is 20.2 Å². The van der Waals surface area contributed by atoms with Crippen molar-refractivity contribution in [2.75, 3.05) is 0 Å². The number of aryl methyl sites for hydroxylation is 1. The normalized spacial score (nSPS) is 9.08. The first-order valence-electron chi connectivity index (χ1n) is 4.11. The van der Waals surface area contributed by atoms with Crippen LogP contribution in [0.5, 0.6) is 5.75 Å². The molecule has 1 aromatic carbocycles. The molecule has 0 radical (unpaired) electrons. The predicted molar refractivity (Wildman–Crippen MR) is 47.8 cm³/mol. The van der Waals surface area contributed by atoms with E-state index in [1.165, 1.54) is 18.4 Å². The fraction of sp³-hybridized carbons (Fsp3) is 0.400. The van der Waals surface area contributed by atoms with E-state index in [1.54, 1.807) is 12.1 Å². The van der Waals surface area contributed by atoms with Crippen LogP contribution in [-0.2, 0) is 6.42 Å². The van der Waals surface area contributed by atoms with Crippen molar-refractivity contribution in [1.82, 2.24) is 0 Å². The summed E-state index contributed by atoms with van der Waals surface area (Å²) in [4.78, 5) is 0. The molecule has 0 heterocycles. The third-order valence-electron chi connectivity index (χ3n) is 1.76. The maximum absolute atomic E-state index is 8.98. The van der Waals surface area contributed by atoms with Crippen LogP contribution in [0.3, 0.4) is 0 Å². The van der Waals surface area contributed by atoms with Crippen LogP contribution in [0.15, 0.2) is 24.3 Å². The van der Waals surface area contributed by atoms with Gasteiger partial charge in [-0.1, -0.05) is 25.5 Å². The minimum atomic E-state index is 0. The number of benzene rings is 1. The van der Waals surface area contributed by atoms with E-state index in [1.807, 2.05) is 12.1 Å². The molecule has 0 fully saturated rings. The first kappa shape index (κ1) is 11.6. The third kappa shape index (κ3) is 3.85. The molecule has 62 valence electrons. The molecular formula is C10H15LiO. The molecule has 0 atom stereocenters. The van der Waals surface area contributed by atoms with Crippen molar-refractivity contribution in [3.05, 3.63) is 29.8 Å². The fourth-order valence-corrected chi connectivity index (χ4v) is 1.04. The van der Waals surface area contributed by atoms with Gasteiger partial charge in [-0.25, -0.2) is 0 Å². The zero-order chi connectivity index (χ0) is 8.10. The van der Waals surface area contributed by atoms with Crippen molar-refractivity contribution in [2.45, 2.75) is 26.2 Å². The Hall–Kier alpha value is -0.383. The number of phenols is 1. The zero-order valence-corrected chi connectivity index (χ0v) is 7.88. The summed E-state index contributed by atoms with van der Waals surface area (Å²) in [6, 6.07) is 7.44. The maximum atomic E-state index is 8.98. The summed E-state index contributed by atoms with van der Waals surface area (Å²) in [7, 11) is 0. The van der Waals surface area contributed by atoms with Gasteiger partial charge in [0.2, 0.25) is 0 Å². The van der Waals surface area contributed by atoms with Gasteiger partial charge in [0.25, 0.3) is 0 Å². The van der Waals surface area contributed by atoms with Crippen LogP contribution in [0.2, 0.25) is 0 Å².